The summed E-state index contributed by atoms with van der Waals surface area (Å²) in [6, 6.07) is 13.5. The van der Waals surface area contributed by atoms with Crippen molar-refractivity contribution in [3.63, 3.8) is 0 Å². The molecule has 0 amide bonds. The van der Waals surface area contributed by atoms with Crippen molar-refractivity contribution in [3.8, 4) is 0 Å². The van der Waals surface area contributed by atoms with Gasteiger partial charge in [0.2, 0.25) is 0 Å². The van der Waals surface area contributed by atoms with Gasteiger partial charge in [-0.15, -0.1) is 0 Å². The first kappa shape index (κ1) is 14.2. The average molecular weight is 399 g/mol. The number of rotatable bonds is 3. The van der Waals surface area contributed by atoms with Crippen molar-refractivity contribution in [1.82, 2.24) is 5.32 Å². The monoisotopic (exact) mass is 397 g/mol. The van der Waals surface area contributed by atoms with Gasteiger partial charge in [0.05, 0.1) is 0 Å². The van der Waals surface area contributed by atoms with Crippen LogP contribution in [0.15, 0.2) is 51.4 Å². The Morgan fingerprint density at radius 3 is 2.45 bits per heavy atom. The van der Waals surface area contributed by atoms with E-state index in [-0.39, 0.29) is 11.2 Å². The van der Waals surface area contributed by atoms with Crippen LogP contribution >= 0.6 is 31.9 Å². The van der Waals surface area contributed by atoms with Crippen molar-refractivity contribution in [2.24, 2.45) is 0 Å². The number of hydrogen-bond donors (Lipinski definition) is 1. The minimum atomic E-state index is -0.130. The van der Waals surface area contributed by atoms with Crippen molar-refractivity contribution in [1.29, 1.82) is 0 Å². The topological polar surface area (TPSA) is 12.0 Å². The number of halogens is 3. The summed E-state index contributed by atoms with van der Waals surface area (Å²) in [5, 5.41) is 3.32. The fraction of sp³-hybridized carbons (Fsp3) is 0.250. The maximum Gasteiger partial charge on any atom is 0.126 e. The fourth-order valence-electron chi connectivity index (χ4n) is 2.72. The Morgan fingerprint density at radius 2 is 1.80 bits per heavy atom. The molecule has 20 heavy (non-hydrogen) atoms. The molecule has 2 aromatic rings. The normalized spacial score (nSPS) is 16.8. The molecule has 1 nitrogen and oxygen atoms in total. The van der Waals surface area contributed by atoms with E-state index in [4.69, 9.17) is 0 Å². The molecular formula is C16H14Br2FN. The van der Waals surface area contributed by atoms with E-state index in [0.717, 1.165) is 27.6 Å². The van der Waals surface area contributed by atoms with Crippen LogP contribution in [-0.2, 0) is 11.8 Å². The van der Waals surface area contributed by atoms with E-state index < -0.39 is 0 Å². The highest BCUT2D eigenvalue weighted by molar-refractivity contribution is 9.10. The van der Waals surface area contributed by atoms with Gasteiger partial charge in [-0.25, -0.2) is 4.39 Å². The molecule has 0 unspecified atom stereocenters. The maximum absolute atomic E-state index is 14.0. The highest BCUT2D eigenvalue weighted by Gasteiger charge is 2.39. The quantitative estimate of drug-likeness (QED) is 0.806. The molecule has 0 aromatic heterocycles. The third-order valence-electron chi connectivity index (χ3n) is 3.90. The molecule has 1 fully saturated rings. The van der Waals surface area contributed by atoms with Gasteiger partial charge < -0.3 is 5.32 Å². The second kappa shape index (κ2) is 5.58. The largest absolute Gasteiger partial charge is 0.315 e. The van der Waals surface area contributed by atoms with Crippen LogP contribution in [0, 0.1) is 5.82 Å². The van der Waals surface area contributed by atoms with Gasteiger partial charge in [-0.2, -0.15) is 0 Å². The molecule has 1 aliphatic heterocycles. The summed E-state index contributed by atoms with van der Waals surface area (Å²) in [6.07, 6.45) is 0.710. The van der Waals surface area contributed by atoms with Gasteiger partial charge in [0.1, 0.15) is 5.82 Å². The lowest BCUT2D eigenvalue weighted by atomic mass is 9.71. The summed E-state index contributed by atoms with van der Waals surface area (Å²) in [5.41, 5.74) is 2.01. The number of benzene rings is 2. The van der Waals surface area contributed by atoms with E-state index in [2.05, 4.69) is 49.3 Å². The summed E-state index contributed by atoms with van der Waals surface area (Å²) in [5.74, 6) is -0.130. The van der Waals surface area contributed by atoms with Crippen LogP contribution in [0.25, 0.3) is 0 Å². The van der Waals surface area contributed by atoms with Crippen LogP contribution in [0.3, 0.4) is 0 Å². The molecule has 1 aliphatic rings. The van der Waals surface area contributed by atoms with Gasteiger partial charge >= 0.3 is 0 Å². The molecular weight excluding hydrogens is 385 g/mol. The molecule has 2 aromatic carbocycles. The minimum Gasteiger partial charge on any atom is -0.315 e. The zero-order valence-corrected chi connectivity index (χ0v) is 14.0. The van der Waals surface area contributed by atoms with E-state index in [1.165, 1.54) is 11.6 Å². The second-order valence-electron chi connectivity index (χ2n) is 5.31. The molecule has 4 heteroatoms. The first-order valence-electron chi connectivity index (χ1n) is 6.50. The lowest BCUT2D eigenvalue weighted by molar-refractivity contribution is 0.272. The van der Waals surface area contributed by atoms with Crippen LogP contribution in [0.5, 0.6) is 0 Å². The Labute approximate surface area is 134 Å². The second-order valence-corrected chi connectivity index (χ2v) is 7.14. The van der Waals surface area contributed by atoms with E-state index in [9.17, 15) is 4.39 Å². The van der Waals surface area contributed by atoms with Crippen molar-refractivity contribution >= 4 is 31.9 Å². The van der Waals surface area contributed by atoms with Gasteiger partial charge in [-0.05, 0) is 47.9 Å². The lowest BCUT2D eigenvalue weighted by Gasteiger charge is -2.43. The number of hydrogen-bond acceptors (Lipinski definition) is 1. The first-order chi connectivity index (χ1) is 9.59. The Bertz CT molecular complexity index is 638. The number of nitrogens with one attached hydrogen (secondary N) is 1. The summed E-state index contributed by atoms with van der Waals surface area (Å²) >= 11 is 6.94. The molecule has 0 spiro atoms. The van der Waals surface area contributed by atoms with Crippen LogP contribution < -0.4 is 5.32 Å². The SMILES string of the molecule is Fc1ccc(Br)cc1CC1(c2cccc(Br)c2)CNC1. The average Bonchev–Trinajstić information content (AvgIpc) is 2.38. The van der Waals surface area contributed by atoms with Gasteiger partial charge in [-0.1, -0.05) is 44.0 Å². The molecule has 0 atom stereocenters. The smallest absolute Gasteiger partial charge is 0.126 e. The van der Waals surface area contributed by atoms with Gasteiger partial charge in [-0.3, -0.25) is 0 Å². The zero-order chi connectivity index (χ0) is 14.2. The molecule has 1 saturated heterocycles. The molecule has 0 bridgehead atoms. The van der Waals surface area contributed by atoms with Gasteiger partial charge in [0, 0.05) is 27.4 Å². The highest BCUT2D eigenvalue weighted by Crippen LogP contribution is 2.35. The Morgan fingerprint density at radius 1 is 1.05 bits per heavy atom. The minimum absolute atomic E-state index is 0.00852. The highest BCUT2D eigenvalue weighted by atomic mass is 79.9. The van der Waals surface area contributed by atoms with Crippen LogP contribution in [0.1, 0.15) is 11.1 Å². The molecule has 0 saturated carbocycles. The van der Waals surface area contributed by atoms with Crippen molar-refractivity contribution in [2.45, 2.75) is 11.8 Å². The third-order valence-corrected chi connectivity index (χ3v) is 4.89. The Kier molecular flexibility index (Phi) is 3.98. The summed E-state index contributed by atoms with van der Waals surface area (Å²) in [7, 11) is 0. The predicted octanol–water partition coefficient (Wildman–Crippen LogP) is 4.43. The van der Waals surface area contributed by atoms with Crippen molar-refractivity contribution < 1.29 is 4.39 Å². The van der Waals surface area contributed by atoms with Gasteiger partial charge in [0.25, 0.3) is 0 Å². The van der Waals surface area contributed by atoms with E-state index in [0.29, 0.717) is 6.42 Å². The lowest BCUT2D eigenvalue weighted by Crippen LogP contribution is -2.58. The third kappa shape index (κ3) is 2.69. The molecule has 3 rings (SSSR count). The fourth-order valence-corrected chi connectivity index (χ4v) is 3.53. The predicted molar refractivity (Wildman–Crippen MR) is 86.5 cm³/mol. The Balaban J connectivity index is 1.96. The first-order valence-corrected chi connectivity index (χ1v) is 8.08. The molecule has 104 valence electrons. The standard InChI is InChI=1S/C16H14Br2FN/c17-13-3-1-2-12(7-13)16(9-20-10-16)8-11-6-14(18)4-5-15(11)19/h1-7,20H,8-10H2. The van der Waals surface area contributed by atoms with E-state index in [1.54, 1.807) is 6.07 Å². The van der Waals surface area contributed by atoms with Crippen molar-refractivity contribution in [2.75, 3.05) is 13.1 Å². The summed E-state index contributed by atoms with van der Waals surface area (Å²) in [4.78, 5) is 0. The Hall–Kier alpha value is -0.710. The van der Waals surface area contributed by atoms with Crippen molar-refractivity contribution in [3.05, 3.63) is 68.4 Å². The van der Waals surface area contributed by atoms with E-state index >= 15 is 0 Å². The molecule has 1 heterocycles. The summed E-state index contributed by atoms with van der Waals surface area (Å²) in [6.45, 7) is 1.77. The van der Waals surface area contributed by atoms with Gasteiger partial charge in [0.15, 0.2) is 0 Å². The molecule has 1 N–H and O–H groups in total. The van der Waals surface area contributed by atoms with Crippen LogP contribution in [-0.4, -0.2) is 13.1 Å². The summed E-state index contributed by atoms with van der Waals surface area (Å²) < 4.78 is 16.0. The van der Waals surface area contributed by atoms with Crippen LogP contribution in [0.2, 0.25) is 0 Å². The molecule has 0 radical (unpaired) electrons. The zero-order valence-electron chi connectivity index (χ0n) is 10.8. The maximum atomic E-state index is 14.0. The molecule has 0 aliphatic carbocycles. The van der Waals surface area contributed by atoms with E-state index in [1.807, 2.05) is 18.2 Å². The van der Waals surface area contributed by atoms with Crippen LogP contribution in [0.4, 0.5) is 4.39 Å².